The van der Waals surface area contributed by atoms with Crippen LogP contribution in [0.5, 0.6) is 0 Å². The lowest BCUT2D eigenvalue weighted by molar-refractivity contribution is -0.162. The predicted molar refractivity (Wildman–Crippen MR) is 126 cm³/mol. The minimum Gasteiger partial charge on any atom is -0.459 e. The van der Waals surface area contributed by atoms with E-state index in [1.807, 2.05) is 38.1 Å². The highest BCUT2D eigenvalue weighted by atomic mass is 79.9. The largest absolute Gasteiger partial charge is 0.459 e. The summed E-state index contributed by atoms with van der Waals surface area (Å²) in [4.78, 5) is 36.8. The highest BCUT2D eigenvalue weighted by Gasteiger charge is 2.56. The number of rotatable bonds is 4. The Hall–Kier alpha value is -2.67. The summed E-state index contributed by atoms with van der Waals surface area (Å²) in [5.41, 5.74) is 2.28. The molecule has 5 atom stereocenters. The summed E-state index contributed by atoms with van der Waals surface area (Å²) in [6.45, 7) is 9.14. The Labute approximate surface area is 201 Å². The fraction of sp³-hybridized carbons (Fsp3) is 0.423. The number of hydrogen-bond donors (Lipinski definition) is 0. The monoisotopic (exact) mass is 514 g/mol. The fourth-order valence-electron chi connectivity index (χ4n) is 5.31. The molecule has 2 aliphatic carbocycles. The Morgan fingerprint density at radius 2 is 1.97 bits per heavy atom. The first-order chi connectivity index (χ1) is 15.6. The fourth-order valence-corrected chi connectivity index (χ4v) is 5.58. The van der Waals surface area contributed by atoms with Crippen molar-refractivity contribution in [1.29, 1.82) is 0 Å². The number of fused-ring (bicyclic) bond motifs is 3. The van der Waals surface area contributed by atoms with Crippen molar-refractivity contribution in [2.24, 2.45) is 11.8 Å². The van der Waals surface area contributed by atoms with E-state index in [1.54, 1.807) is 6.08 Å². The Balaban J connectivity index is 1.60. The molecule has 6 nitrogen and oxygen atoms in total. The molecule has 0 N–H and O–H groups in total. The second kappa shape index (κ2) is 8.93. The van der Waals surface area contributed by atoms with Crippen molar-refractivity contribution < 1.29 is 28.6 Å². The zero-order chi connectivity index (χ0) is 23.9. The first-order valence-corrected chi connectivity index (χ1v) is 11.8. The number of halogens is 1. The van der Waals surface area contributed by atoms with Crippen molar-refractivity contribution in [1.82, 2.24) is 0 Å². The molecule has 1 saturated heterocycles. The van der Waals surface area contributed by atoms with Gasteiger partial charge < -0.3 is 14.2 Å². The van der Waals surface area contributed by atoms with Gasteiger partial charge in [0, 0.05) is 34.9 Å². The van der Waals surface area contributed by atoms with E-state index in [2.05, 4.69) is 22.5 Å². The van der Waals surface area contributed by atoms with E-state index in [0.29, 0.717) is 24.8 Å². The first-order valence-electron chi connectivity index (χ1n) is 11.0. The van der Waals surface area contributed by atoms with Crippen molar-refractivity contribution in [3.63, 3.8) is 0 Å². The molecule has 1 aliphatic heterocycles. The average Bonchev–Trinajstić information content (AvgIpc) is 3.18. The van der Waals surface area contributed by atoms with Crippen LogP contribution in [0.15, 0.2) is 58.1 Å². The molecule has 33 heavy (non-hydrogen) atoms. The topological polar surface area (TPSA) is 78.9 Å². The number of carbonyl (C=O) groups excluding carboxylic acids is 3. The lowest BCUT2D eigenvalue weighted by Gasteiger charge is -2.35. The maximum absolute atomic E-state index is 12.6. The zero-order valence-corrected chi connectivity index (χ0v) is 20.5. The van der Waals surface area contributed by atoms with E-state index in [9.17, 15) is 14.4 Å². The molecule has 174 valence electrons. The summed E-state index contributed by atoms with van der Waals surface area (Å²) < 4.78 is 18.3. The third-order valence-corrected chi connectivity index (χ3v) is 7.51. The van der Waals surface area contributed by atoms with E-state index in [4.69, 9.17) is 14.2 Å². The molecule has 7 heteroatoms. The van der Waals surface area contributed by atoms with Crippen LogP contribution in [0.3, 0.4) is 0 Å². The van der Waals surface area contributed by atoms with Gasteiger partial charge in [-0.2, -0.15) is 0 Å². The van der Waals surface area contributed by atoms with Gasteiger partial charge in [-0.3, -0.25) is 4.79 Å². The van der Waals surface area contributed by atoms with Crippen molar-refractivity contribution in [3.05, 3.63) is 63.7 Å². The molecule has 0 amide bonds. The second-order valence-corrected chi connectivity index (χ2v) is 10.1. The summed E-state index contributed by atoms with van der Waals surface area (Å²) in [5, 5.41) is 0. The van der Waals surface area contributed by atoms with Crippen LogP contribution in [-0.2, 0) is 28.6 Å². The maximum Gasteiger partial charge on any atom is 0.334 e. The summed E-state index contributed by atoms with van der Waals surface area (Å²) in [7, 11) is 0. The summed E-state index contributed by atoms with van der Waals surface area (Å²) in [6, 6.07) is 7.57. The number of esters is 3. The van der Waals surface area contributed by atoms with Crippen LogP contribution < -0.4 is 0 Å². The molecule has 0 bridgehead atoms. The van der Waals surface area contributed by atoms with Crippen LogP contribution in [0.4, 0.5) is 0 Å². The maximum atomic E-state index is 12.6. The molecular formula is C26H27BrO6. The van der Waals surface area contributed by atoms with Crippen molar-refractivity contribution in [2.45, 2.75) is 57.8 Å². The summed E-state index contributed by atoms with van der Waals surface area (Å²) in [5.74, 6) is -1.61. The van der Waals surface area contributed by atoms with Crippen molar-refractivity contribution in [2.75, 3.05) is 0 Å². The Morgan fingerprint density at radius 3 is 2.64 bits per heavy atom. The molecule has 1 aromatic rings. The van der Waals surface area contributed by atoms with Gasteiger partial charge in [-0.15, -0.1) is 0 Å². The molecule has 1 unspecified atom stereocenters. The molecule has 4 rings (SSSR count). The van der Waals surface area contributed by atoms with Gasteiger partial charge >= 0.3 is 17.9 Å². The standard InChI is InChI=1S/C26H27BrO6/c1-14-19-11-12-26(4,33-16(3)28)20-13-21(15(2)23(20)24(19)32-25(14)30)31-22(29)10-7-17-5-8-18(27)9-6-17/h5-10,19-21,24H,1,11-13H2,2-4H3/b10-7+/t19-,20?,21-,24-,26+/m0/s1. The predicted octanol–water partition coefficient (Wildman–Crippen LogP) is 4.92. The Morgan fingerprint density at radius 1 is 1.27 bits per heavy atom. The van der Waals surface area contributed by atoms with Gasteiger partial charge in [0.2, 0.25) is 0 Å². The smallest absolute Gasteiger partial charge is 0.334 e. The number of benzene rings is 1. The van der Waals surface area contributed by atoms with Crippen LogP contribution in [-0.4, -0.2) is 35.7 Å². The number of hydrogen-bond acceptors (Lipinski definition) is 6. The van der Waals surface area contributed by atoms with Crippen LogP contribution in [0.2, 0.25) is 0 Å². The Bertz CT molecular complexity index is 1070. The van der Waals surface area contributed by atoms with E-state index < -0.39 is 29.7 Å². The highest BCUT2D eigenvalue weighted by molar-refractivity contribution is 9.10. The van der Waals surface area contributed by atoms with Gasteiger partial charge in [0.15, 0.2) is 0 Å². The normalized spacial score (nSPS) is 31.2. The molecule has 1 heterocycles. The third-order valence-electron chi connectivity index (χ3n) is 6.99. The molecule has 2 fully saturated rings. The van der Waals surface area contributed by atoms with Crippen LogP contribution in [0, 0.1) is 11.8 Å². The van der Waals surface area contributed by atoms with Crippen LogP contribution >= 0.6 is 15.9 Å². The van der Waals surface area contributed by atoms with Gasteiger partial charge in [-0.05, 0) is 68.0 Å². The number of carbonyl (C=O) groups is 3. The van der Waals surface area contributed by atoms with Gasteiger partial charge in [0.1, 0.15) is 17.8 Å². The number of ether oxygens (including phenoxy) is 3. The molecule has 3 aliphatic rings. The molecule has 1 saturated carbocycles. The van der Waals surface area contributed by atoms with Crippen LogP contribution in [0.25, 0.3) is 6.08 Å². The van der Waals surface area contributed by atoms with Gasteiger partial charge in [0.05, 0.1) is 0 Å². The van der Waals surface area contributed by atoms with Gasteiger partial charge in [-0.25, -0.2) is 9.59 Å². The highest BCUT2D eigenvalue weighted by Crippen LogP contribution is 2.53. The van der Waals surface area contributed by atoms with E-state index >= 15 is 0 Å². The molecular weight excluding hydrogens is 488 g/mol. The summed E-state index contributed by atoms with van der Waals surface area (Å²) in [6.07, 6.45) is 3.81. The van der Waals surface area contributed by atoms with E-state index in [0.717, 1.165) is 21.2 Å². The molecule has 0 radical (unpaired) electrons. The lowest BCUT2D eigenvalue weighted by Crippen LogP contribution is -2.40. The van der Waals surface area contributed by atoms with Crippen LogP contribution in [0.1, 0.15) is 45.6 Å². The SMILES string of the molecule is C=C1C(=O)O[C@@H]2C3=C(C)[C@@H](OC(=O)/C=C/c4ccc(Br)cc4)CC3[C@](C)(OC(C)=O)CC[C@@H]12. The minimum atomic E-state index is -0.784. The van der Waals surface area contributed by atoms with Crippen molar-refractivity contribution >= 4 is 39.9 Å². The molecule has 0 spiro atoms. The first kappa shape index (κ1) is 23.5. The zero-order valence-electron chi connectivity index (χ0n) is 18.9. The van der Waals surface area contributed by atoms with Crippen molar-refractivity contribution in [3.8, 4) is 0 Å². The van der Waals surface area contributed by atoms with E-state index in [1.165, 1.54) is 13.0 Å². The lowest BCUT2D eigenvalue weighted by atomic mass is 9.81. The minimum absolute atomic E-state index is 0.172. The quantitative estimate of drug-likeness (QED) is 0.245. The summed E-state index contributed by atoms with van der Waals surface area (Å²) >= 11 is 3.39. The van der Waals surface area contributed by atoms with E-state index in [-0.39, 0.29) is 17.8 Å². The molecule has 1 aromatic carbocycles. The molecule has 0 aromatic heterocycles. The Kier molecular flexibility index (Phi) is 6.36. The average molecular weight is 515 g/mol. The van der Waals surface area contributed by atoms with Gasteiger partial charge in [-0.1, -0.05) is 34.6 Å². The third kappa shape index (κ3) is 4.56. The van der Waals surface area contributed by atoms with Gasteiger partial charge in [0.25, 0.3) is 0 Å². The second-order valence-electron chi connectivity index (χ2n) is 9.14.